The molecule has 0 saturated carbocycles. The summed E-state index contributed by atoms with van der Waals surface area (Å²) < 4.78 is 7.91. The van der Waals surface area contributed by atoms with Crippen molar-refractivity contribution in [3.05, 3.63) is 77.6 Å². The van der Waals surface area contributed by atoms with Crippen LogP contribution in [-0.2, 0) is 17.9 Å². The third-order valence-electron chi connectivity index (χ3n) is 5.00. The molecule has 0 bridgehead atoms. The number of hydrogen-bond donors (Lipinski definition) is 1. The van der Waals surface area contributed by atoms with Gasteiger partial charge in [0, 0.05) is 12.2 Å². The normalized spacial score (nSPS) is 10.9. The molecule has 1 amide bonds. The van der Waals surface area contributed by atoms with Gasteiger partial charge in [0.15, 0.2) is 11.0 Å². The summed E-state index contributed by atoms with van der Waals surface area (Å²) in [5, 5.41) is 12.1. The predicted molar refractivity (Wildman–Crippen MR) is 130 cm³/mol. The summed E-state index contributed by atoms with van der Waals surface area (Å²) in [5.41, 5.74) is 4.23. The summed E-state index contributed by atoms with van der Waals surface area (Å²) in [7, 11) is 0. The van der Waals surface area contributed by atoms with Crippen LogP contribution in [0.4, 0.5) is 5.69 Å². The number of aryl methyl sites for hydroxylation is 2. The van der Waals surface area contributed by atoms with E-state index in [0.29, 0.717) is 30.1 Å². The van der Waals surface area contributed by atoms with E-state index in [2.05, 4.69) is 42.0 Å². The van der Waals surface area contributed by atoms with Crippen LogP contribution < -0.4 is 10.1 Å². The minimum atomic E-state index is -0.0892. The van der Waals surface area contributed by atoms with Gasteiger partial charge in [-0.15, -0.1) is 16.8 Å². The highest BCUT2D eigenvalue weighted by Crippen LogP contribution is 2.23. The topological polar surface area (TPSA) is 69.0 Å². The second kappa shape index (κ2) is 11.0. The van der Waals surface area contributed by atoms with Crippen LogP contribution in [0.3, 0.4) is 0 Å². The van der Waals surface area contributed by atoms with Crippen LogP contribution in [0.15, 0.2) is 60.3 Å². The zero-order valence-corrected chi connectivity index (χ0v) is 19.9. The number of nitrogens with zero attached hydrogens (tertiary/aromatic N) is 3. The number of rotatable bonds is 10. The SMILES string of the molecule is C=CCn1c(COc2cc(C)ccc2C)nnc1SCC(=O)Nc1ccc(C(C)C)cc1. The molecule has 0 fully saturated rings. The summed E-state index contributed by atoms with van der Waals surface area (Å²) in [5.74, 6) is 2.13. The molecule has 3 rings (SSSR count). The summed E-state index contributed by atoms with van der Waals surface area (Å²) >= 11 is 1.34. The smallest absolute Gasteiger partial charge is 0.234 e. The molecular weight excluding hydrogens is 420 g/mol. The molecule has 0 aliphatic rings. The van der Waals surface area contributed by atoms with E-state index in [1.165, 1.54) is 17.3 Å². The largest absolute Gasteiger partial charge is 0.485 e. The van der Waals surface area contributed by atoms with Crippen LogP contribution in [0.1, 0.15) is 42.3 Å². The van der Waals surface area contributed by atoms with Gasteiger partial charge in [-0.05, 0) is 54.7 Å². The number of anilines is 1. The van der Waals surface area contributed by atoms with E-state index in [0.717, 1.165) is 22.6 Å². The van der Waals surface area contributed by atoms with E-state index >= 15 is 0 Å². The van der Waals surface area contributed by atoms with E-state index in [4.69, 9.17) is 4.74 Å². The number of hydrogen-bond acceptors (Lipinski definition) is 5. The number of benzene rings is 2. The minimum Gasteiger partial charge on any atom is -0.485 e. The Morgan fingerprint density at radius 1 is 1.19 bits per heavy atom. The number of aromatic nitrogens is 3. The first-order valence-corrected chi connectivity index (χ1v) is 11.6. The zero-order chi connectivity index (χ0) is 23.1. The van der Waals surface area contributed by atoms with Crippen LogP contribution in [0.25, 0.3) is 0 Å². The van der Waals surface area contributed by atoms with Crippen molar-refractivity contribution >= 4 is 23.4 Å². The van der Waals surface area contributed by atoms with Crippen molar-refractivity contribution < 1.29 is 9.53 Å². The Kier molecular flexibility index (Phi) is 8.11. The Labute approximate surface area is 194 Å². The Morgan fingerprint density at radius 3 is 2.62 bits per heavy atom. The lowest BCUT2D eigenvalue weighted by Crippen LogP contribution is -2.15. The van der Waals surface area contributed by atoms with Gasteiger partial charge < -0.3 is 10.1 Å². The molecule has 0 spiro atoms. The Balaban J connectivity index is 1.61. The average Bonchev–Trinajstić information content (AvgIpc) is 3.15. The Hall–Kier alpha value is -3.06. The van der Waals surface area contributed by atoms with Gasteiger partial charge in [0.05, 0.1) is 5.75 Å². The number of ether oxygens (including phenoxy) is 1. The monoisotopic (exact) mass is 450 g/mol. The number of thioether (sulfide) groups is 1. The third kappa shape index (κ3) is 6.23. The molecule has 2 aromatic carbocycles. The fourth-order valence-electron chi connectivity index (χ4n) is 3.13. The molecule has 0 saturated heterocycles. The van der Waals surface area contributed by atoms with Crippen LogP contribution in [0, 0.1) is 13.8 Å². The van der Waals surface area contributed by atoms with Crippen molar-refractivity contribution in [2.45, 2.75) is 51.9 Å². The molecule has 1 aromatic heterocycles. The van der Waals surface area contributed by atoms with E-state index in [-0.39, 0.29) is 11.7 Å². The molecule has 6 nitrogen and oxygen atoms in total. The number of nitrogens with one attached hydrogen (secondary N) is 1. The third-order valence-corrected chi connectivity index (χ3v) is 5.97. The number of carbonyl (C=O) groups excluding carboxylic acids is 1. The molecule has 1 N–H and O–H groups in total. The number of amides is 1. The molecule has 0 radical (unpaired) electrons. The van der Waals surface area contributed by atoms with Crippen LogP contribution in [-0.4, -0.2) is 26.4 Å². The molecule has 168 valence electrons. The van der Waals surface area contributed by atoms with Crippen molar-refractivity contribution in [1.82, 2.24) is 14.8 Å². The standard InChI is InChI=1S/C25H30N4O2S/c1-6-13-29-23(15-31-22-14-18(4)7-8-19(22)5)27-28-25(29)32-16-24(30)26-21-11-9-20(10-12-21)17(2)3/h6-12,14,17H,1,13,15-16H2,2-5H3,(H,26,30). The maximum atomic E-state index is 12.4. The quantitative estimate of drug-likeness (QED) is 0.326. The summed E-state index contributed by atoms with van der Waals surface area (Å²) in [6.45, 7) is 13.0. The van der Waals surface area contributed by atoms with E-state index < -0.39 is 0 Å². The maximum absolute atomic E-state index is 12.4. The lowest BCUT2D eigenvalue weighted by molar-refractivity contribution is -0.113. The van der Waals surface area contributed by atoms with Gasteiger partial charge in [0.25, 0.3) is 0 Å². The van der Waals surface area contributed by atoms with Crippen molar-refractivity contribution in [3.8, 4) is 5.75 Å². The molecular formula is C25H30N4O2S. The van der Waals surface area contributed by atoms with Crippen molar-refractivity contribution in [1.29, 1.82) is 0 Å². The molecule has 32 heavy (non-hydrogen) atoms. The van der Waals surface area contributed by atoms with Gasteiger partial charge in [-0.3, -0.25) is 9.36 Å². The number of carbonyl (C=O) groups is 1. The van der Waals surface area contributed by atoms with Crippen LogP contribution in [0.5, 0.6) is 5.75 Å². The summed E-state index contributed by atoms with van der Waals surface area (Å²) in [6, 6.07) is 14.0. The van der Waals surface area contributed by atoms with Gasteiger partial charge in [-0.2, -0.15) is 0 Å². The Morgan fingerprint density at radius 2 is 1.94 bits per heavy atom. The second-order valence-corrected chi connectivity index (χ2v) is 8.91. The molecule has 0 atom stereocenters. The second-order valence-electron chi connectivity index (χ2n) is 7.97. The van der Waals surface area contributed by atoms with E-state index in [1.54, 1.807) is 6.08 Å². The summed E-state index contributed by atoms with van der Waals surface area (Å²) in [6.07, 6.45) is 1.78. The first-order valence-electron chi connectivity index (χ1n) is 10.6. The van der Waals surface area contributed by atoms with Crippen molar-refractivity contribution in [2.75, 3.05) is 11.1 Å². The minimum absolute atomic E-state index is 0.0892. The van der Waals surface area contributed by atoms with Gasteiger partial charge in [0.1, 0.15) is 12.4 Å². The highest BCUT2D eigenvalue weighted by Gasteiger charge is 2.15. The van der Waals surface area contributed by atoms with Crippen LogP contribution >= 0.6 is 11.8 Å². The predicted octanol–water partition coefficient (Wildman–Crippen LogP) is 5.51. The molecule has 0 aliphatic carbocycles. The Bertz CT molecular complexity index is 1070. The van der Waals surface area contributed by atoms with E-state index in [1.807, 2.05) is 54.8 Å². The van der Waals surface area contributed by atoms with Gasteiger partial charge in [-0.1, -0.05) is 56.0 Å². The fourth-order valence-corrected chi connectivity index (χ4v) is 3.90. The van der Waals surface area contributed by atoms with Crippen LogP contribution in [0.2, 0.25) is 0 Å². The lowest BCUT2D eigenvalue weighted by atomic mass is 10.0. The maximum Gasteiger partial charge on any atom is 0.234 e. The van der Waals surface area contributed by atoms with Gasteiger partial charge in [-0.25, -0.2) is 0 Å². The average molecular weight is 451 g/mol. The van der Waals surface area contributed by atoms with Crippen molar-refractivity contribution in [2.24, 2.45) is 0 Å². The lowest BCUT2D eigenvalue weighted by Gasteiger charge is -2.11. The molecule has 7 heteroatoms. The highest BCUT2D eigenvalue weighted by atomic mass is 32.2. The molecule has 0 unspecified atom stereocenters. The van der Waals surface area contributed by atoms with Gasteiger partial charge in [0.2, 0.25) is 5.91 Å². The summed E-state index contributed by atoms with van der Waals surface area (Å²) in [4.78, 5) is 12.4. The molecule has 1 heterocycles. The fraction of sp³-hybridized carbons (Fsp3) is 0.320. The van der Waals surface area contributed by atoms with Gasteiger partial charge >= 0.3 is 0 Å². The molecule has 0 aliphatic heterocycles. The highest BCUT2D eigenvalue weighted by molar-refractivity contribution is 7.99. The molecule has 3 aromatic rings. The first-order chi connectivity index (χ1) is 15.4. The number of allylic oxidation sites excluding steroid dienone is 1. The van der Waals surface area contributed by atoms with Crippen molar-refractivity contribution in [3.63, 3.8) is 0 Å². The zero-order valence-electron chi connectivity index (χ0n) is 19.1. The first kappa shape index (κ1) is 23.6. The van der Waals surface area contributed by atoms with E-state index in [9.17, 15) is 4.79 Å².